The van der Waals surface area contributed by atoms with E-state index in [0.29, 0.717) is 42.6 Å². The molecule has 1 atom stereocenters. The molecule has 1 aromatic carbocycles. The average Bonchev–Trinajstić information content (AvgIpc) is 3.01. The third-order valence-corrected chi connectivity index (χ3v) is 4.92. The highest BCUT2D eigenvalue weighted by atomic mass is 19.1. The van der Waals surface area contributed by atoms with Crippen LogP contribution in [0.3, 0.4) is 0 Å². The molecule has 28 heavy (non-hydrogen) atoms. The zero-order valence-corrected chi connectivity index (χ0v) is 15.8. The summed E-state index contributed by atoms with van der Waals surface area (Å²) < 4.78 is 19.8. The van der Waals surface area contributed by atoms with Crippen molar-refractivity contribution >= 4 is 29.3 Å². The number of ether oxygens (including phenoxy) is 1. The highest BCUT2D eigenvalue weighted by Gasteiger charge is 2.34. The van der Waals surface area contributed by atoms with Gasteiger partial charge in [-0.05, 0) is 18.2 Å². The summed E-state index contributed by atoms with van der Waals surface area (Å²) in [7, 11) is 0. The van der Waals surface area contributed by atoms with E-state index in [4.69, 9.17) is 4.74 Å². The Morgan fingerprint density at radius 2 is 1.93 bits per heavy atom. The number of nitrogens with zero attached hydrogens (tertiary/aromatic N) is 4. The van der Waals surface area contributed by atoms with Crippen molar-refractivity contribution in [3.05, 3.63) is 24.0 Å². The van der Waals surface area contributed by atoms with Crippen LogP contribution in [0.1, 0.15) is 13.8 Å². The first kappa shape index (κ1) is 19.9. The van der Waals surface area contributed by atoms with Crippen molar-refractivity contribution in [1.82, 2.24) is 9.96 Å². The molecule has 9 nitrogen and oxygen atoms in total. The molecule has 0 spiro atoms. The first-order valence-electron chi connectivity index (χ1n) is 9.01. The van der Waals surface area contributed by atoms with Gasteiger partial charge in [-0.3, -0.25) is 19.7 Å². The molecule has 0 unspecified atom stereocenters. The molecule has 2 aliphatic rings. The standard InChI is InChI=1S/C18H23FN4O5/c1-12(24)20-5-7-21(8-6-20)17-4-3-14(9-16(17)19)22-10-15(28-18(22)26)11-23(27)13(2)25/h3-4,9,15,27H,5-8,10-11H2,1-2H3/t15-/m1/s1. The van der Waals surface area contributed by atoms with E-state index >= 15 is 0 Å². The van der Waals surface area contributed by atoms with Crippen molar-refractivity contribution in [2.75, 3.05) is 49.1 Å². The minimum Gasteiger partial charge on any atom is -0.442 e. The molecule has 2 saturated heterocycles. The molecule has 0 radical (unpaired) electrons. The van der Waals surface area contributed by atoms with Gasteiger partial charge in [0, 0.05) is 40.0 Å². The number of benzene rings is 1. The third kappa shape index (κ3) is 4.16. The van der Waals surface area contributed by atoms with Gasteiger partial charge in [0.05, 0.1) is 24.5 Å². The monoisotopic (exact) mass is 394 g/mol. The van der Waals surface area contributed by atoms with Crippen molar-refractivity contribution in [3.8, 4) is 0 Å². The maximum Gasteiger partial charge on any atom is 0.414 e. The van der Waals surface area contributed by atoms with E-state index < -0.39 is 23.9 Å². The Labute approximate surface area is 161 Å². The smallest absolute Gasteiger partial charge is 0.414 e. The number of rotatable bonds is 4. The van der Waals surface area contributed by atoms with Gasteiger partial charge in [0.1, 0.15) is 11.9 Å². The lowest BCUT2D eigenvalue weighted by Gasteiger charge is -2.35. The van der Waals surface area contributed by atoms with Gasteiger partial charge < -0.3 is 14.5 Å². The van der Waals surface area contributed by atoms with E-state index in [-0.39, 0.29) is 19.0 Å². The Kier molecular flexibility index (Phi) is 5.68. The van der Waals surface area contributed by atoms with Crippen LogP contribution in [-0.2, 0) is 14.3 Å². The lowest BCUT2D eigenvalue weighted by molar-refractivity contribution is -0.166. The van der Waals surface area contributed by atoms with Crippen LogP contribution in [0, 0.1) is 5.82 Å². The SMILES string of the molecule is CC(=O)N(O)C[C@H]1CN(c2ccc(N3CCN(C(C)=O)CC3)c(F)c2)C(=O)O1. The quantitative estimate of drug-likeness (QED) is 0.606. The van der Waals surface area contributed by atoms with E-state index in [9.17, 15) is 24.0 Å². The molecule has 10 heteroatoms. The number of halogens is 1. The fraction of sp³-hybridized carbons (Fsp3) is 0.500. The number of hydrogen-bond acceptors (Lipinski definition) is 6. The summed E-state index contributed by atoms with van der Waals surface area (Å²) in [6, 6.07) is 4.49. The molecule has 3 rings (SSSR count). The van der Waals surface area contributed by atoms with Gasteiger partial charge in [-0.2, -0.15) is 0 Å². The van der Waals surface area contributed by atoms with Gasteiger partial charge in [0.2, 0.25) is 11.8 Å². The summed E-state index contributed by atoms with van der Waals surface area (Å²) in [4.78, 5) is 39.4. The summed E-state index contributed by atoms with van der Waals surface area (Å²) in [6.07, 6.45) is -1.37. The molecule has 2 aliphatic heterocycles. The molecular weight excluding hydrogens is 371 g/mol. The first-order valence-corrected chi connectivity index (χ1v) is 9.01. The van der Waals surface area contributed by atoms with Crippen molar-refractivity contribution in [3.63, 3.8) is 0 Å². The maximum absolute atomic E-state index is 14.7. The van der Waals surface area contributed by atoms with Crippen LogP contribution in [0.2, 0.25) is 0 Å². The largest absolute Gasteiger partial charge is 0.442 e. The van der Waals surface area contributed by atoms with Crippen LogP contribution in [0.4, 0.5) is 20.6 Å². The summed E-state index contributed by atoms with van der Waals surface area (Å²) in [5.74, 6) is -1.03. The molecule has 152 valence electrons. The van der Waals surface area contributed by atoms with Crippen molar-refractivity contribution in [2.45, 2.75) is 20.0 Å². The number of cyclic esters (lactones) is 1. The third-order valence-electron chi connectivity index (χ3n) is 4.92. The normalized spacial score (nSPS) is 19.6. The van der Waals surface area contributed by atoms with E-state index in [1.165, 1.54) is 24.8 Å². The maximum atomic E-state index is 14.7. The molecule has 0 aliphatic carbocycles. The van der Waals surface area contributed by atoms with Gasteiger partial charge in [0.15, 0.2) is 0 Å². The van der Waals surface area contributed by atoms with E-state index in [1.54, 1.807) is 17.0 Å². The summed E-state index contributed by atoms with van der Waals surface area (Å²) in [6.45, 7) is 4.77. The number of anilines is 2. The zero-order valence-electron chi connectivity index (χ0n) is 15.8. The van der Waals surface area contributed by atoms with Gasteiger partial charge in [-0.15, -0.1) is 0 Å². The first-order chi connectivity index (χ1) is 13.3. The molecule has 1 aromatic rings. The number of piperazine rings is 1. The Hall–Kier alpha value is -2.88. The molecular formula is C18H23FN4O5. The predicted octanol–water partition coefficient (Wildman–Crippen LogP) is 1.06. The summed E-state index contributed by atoms with van der Waals surface area (Å²) in [5.41, 5.74) is 0.748. The molecule has 0 aromatic heterocycles. The summed E-state index contributed by atoms with van der Waals surface area (Å²) in [5, 5.41) is 9.97. The minimum atomic E-state index is -0.705. The second-order valence-corrected chi connectivity index (χ2v) is 6.85. The number of carbonyl (C=O) groups is 3. The van der Waals surface area contributed by atoms with E-state index in [2.05, 4.69) is 0 Å². The molecule has 2 heterocycles. The average molecular weight is 394 g/mol. The van der Waals surface area contributed by atoms with Gasteiger partial charge >= 0.3 is 6.09 Å². The predicted molar refractivity (Wildman–Crippen MR) is 97.7 cm³/mol. The lowest BCUT2D eigenvalue weighted by atomic mass is 10.2. The molecule has 1 N–H and O–H groups in total. The Balaban J connectivity index is 1.66. The number of hydrogen-bond donors (Lipinski definition) is 1. The molecule has 0 saturated carbocycles. The fourth-order valence-corrected chi connectivity index (χ4v) is 3.33. The Morgan fingerprint density at radius 3 is 2.50 bits per heavy atom. The number of carbonyl (C=O) groups excluding carboxylic acids is 3. The second kappa shape index (κ2) is 8.01. The van der Waals surface area contributed by atoms with Crippen LogP contribution in [0.5, 0.6) is 0 Å². The van der Waals surface area contributed by atoms with E-state index in [0.717, 1.165) is 0 Å². The van der Waals surface area contributed by atoms with Gasteiger partial charge in [0.25, 0.3) is 0 Å². The number of hydroxylamine groups is 2. The van der Waals surface area contributed by atoms with Crippen LogP contribution >= 0.6 is 0 Å². The molecule has 2 fully saturated rings. The van der Waals surface area contributed by atoms with Crippen LogP contribution < -0.4 is 9.80 Å². The topological polar surface area (TPSA) is 93.6 Å². The van der Waals surface area contributed by atoms with Crippen molar-refractivity contribution < 1.29 is 28.7 Å². The van der Waals surface area contributed by atoms with Gasteiger partial charge in [-0.25, -0.2) is 14.2 Å². The highest BCUT2D eigenvalue weighted by molar-refractivity contribution is 5.90. The van der Waals surface area contributed by atoms with E-state index in [1.807, 2.05) is 4.90 Å². The van der Waals surface area contributed by atoms with Crippen LogP contribution in [-0.4, -0.2) is 78.5 Å². The van der Waals surface area contributed by atoms with Crippen LogP contribution in [0.25, 0.3) is 0 Å². The van der Waals surface area contributed by atoms with Crippen molar-refractivity contribution in [2.24, 2.45) is 0 Å². The lowest BCUT2D eigenvalue weighted by Crippen LogP contribution is -2.48. The summed E-state index contributed by atoms with van der Waals surface area (Å²) >= 11 is 0. The van der Waals surface area contributed by atoms with Crippen LogP contribution in [0.15, 0.2) is 18.2 Å². The fourth-order valence-electron chi connectivity index (χ4n) is 3.33. The Morgan fingerprint density at radius 1 is 1.25 bits per heavy atom. The van der Waals surface area contributed by atoms with Crippen molar-refractivity contribution in [1.29, 1.82) is 0 Å². The number of amides is 3. The molecule has 0 bridgehead atoms. The minimum absolute atomic E-state index is 0.00351. The highest BCUT2D eigenvalue weighted by Crippen LogP contribution is 2.28. The second-order valence-electron chi connectivity index (χ2n) is 6.85. The van der Waals surface area contributed by atoms with Gasteiger partial charge in [-0.1, -0.05) is 0 Å². The zero-order chi connectivity index (χ0) is 20.4. The Bertz CT molecular complexity index is 781. The molecule has 3 amide bonds.